The molecule has 3 N–H and O–H groups in total. The number of phenols is 1. The fraction of sp³-hybridized carbons (Fsp3) is 0.522. The SMILES string of the molecule is CC(C)=CCCC(C)=CCCC(C)(O)C1Cc2c(O)c(C(=O)O)c(C)c(Cl)c2O1. The first-order valence-corrected chi connectivity index (χ1v) is 10.3. The van der Waals surface area contributed by atoms with Crippen LogP contribution in [0.3, 0.4) is 0 Å². The lowest BCUT2D eigenvalue weighted by Crippen LogP contribution is -2.42. The summed E-state index contributed by atoms with van der Waals surface area (Å²) in [6.45, 7) is 9.49. The molecule has 0 saturated carbocycles. The van der Waals surface area contributed by atoms with Gasteiger partial charge in [0.1, 0.15) is 23.2 Å². The standard InChI is InChI=1S/C23H31ClO5/c1-13(2)8-6-9-14(3)10-7-11-23(5,28)17-12-16-20(25)18(22(26)27)15(4)19(24)21(16)29-17/h8,10,17,25,28H,6-7,9,11-12H2,1-5H3,(H,26,27). The second kappa shape index (κ2) is 9.23. The number of hydrogen-bond acceptors (Lipinski definition) is 4. The number of allylic oxidation sites excluding steroid dienone is 4. The van der Waals surface area contributed by atoms with Crippen LogP contribution in [-0.4, -0.2) is 33.0 Å². The van der Waals surface area contributed by atoms with Crippen molar-refractivity contribution in [1.29, 1.82) is 0 Å². The second-order valence-electron chi connectivity index (χ2n) is 8.35. The van der Waals surface area contributed by atoms with Crippen molar-refractivity contribution in [3.8, 4) is 11.5 Å². The van der Waals surface area contributed by atoms with E-state index in [0.29, 0.717) is 18.4 Å². The summed E-state index contributed by atoms with van der Waals surface area (Å²) in [5.74, 6) is -1.30. The number of carbonyl (C=O) groups is 1. The molecule has 1 aromatic carbocycles. The largest absolute Gasteiger partial charge is 0.507 e. The predicted octanol–water partition coefficient (Wildman–Crippen LogP) is 5.58. The number of hydrogen-bond donors (Lipinski definition) is 3. The molecule has 0 aromatic heterocycles. The van der Waals surface area contributed by atoms with Crippen molar-refractivity contribution in [2.45, 2.75) is 78.4 Å². The van der Waals surface area contributed by atoms with Crippen LogP contribution < -0.4 is 4.74 Å². The Morgan fingerprint density at radius 1 is 1.28 bits per heavy atom. The van der Waals surface area contributed by atoms with Gasteiger partial charge in [-0.15, -0.1) is 0 Å². The molecular weight excluding hydrogens is 392 g/mol. The fourth-order valence-corrected chi connectivity index (χ4v) is 3.85. The molecule has 5 nitrogen and oxygen atoms in total. The van der Waals surface area contributed by atoms with Crippen molar-refractivity contribution in [3.63, 3.8) is 0 Å². The lowest BCUT2D eigenvalue weighted by atomic mass is 9.89. The van der Waals surface area contributed by atoms with Crippen molar-refractivity contribution < 1.29 is 24.9 Å². The molecule has 1 aliphatic heterocycles. The molecule has 1 aliphatic rings. The number of fused-ring (bicyclic) bond motifs is 1. The molecule has 0 saturated heterocycles. The Balaban J connectivity index is 2.09. The lowest BCUT2D eigenvalue weighted by molar-refractivity contribution is -0.0433. The Morgan fingerprint density at radius 2 is 1.93 bits per heavy atom. The summed E-state index contributed by atoms with van der Waals surface area (Å²) in [7, 11) is 0. The highest BCUT2D eigenvalue weighted by atomic mass is 35.5. The Bertz CT molecular complexity index is 848. The molecule has 0 fully saturated rings. The average molecular weight is 423 g/mol. The molecule has 0 bridgehead atoms. The van der Waals surface area contributed by atoms with Gasteiger partial charge in [-0.1, -0.05) is 34.9 Å². The summed E-state index contributed by atoms with van der Waals surface area (Å²) in [4.78, 5) is 11.5. The van der Waals surface area contributed by atoms with Crippen LogP contribution in [0.25, 0.3) is 0 Å². The van der Waals surface area contributed by atoms with Gasteiger partial charge in [0.15, 0.2) is 0 Å². The van der Waals surface area contributed by atoms with Gasteiger partial charge in [-0.2, -0.15) is 0 Å². The topological polar surface area (TPSA) is 87.0 Å². The van der Waals surface area contributed by atoms with E-state index in [1.165, 1.54) is 18.1 Å². The number of carboxylic acids is 1. The van der Waals surface area contributed by atoms with Gasteiger partial charge in [-0.25, -0.2) is 4.79 Å². The Hall–Kier alpha value is -1.98. The van der Waals surface area contributed by atoms with E-state index in [1.54, 1.807) is 6.92 Å². The first-order chi connectivity index (χ1) is 13.5. The van der Waals surface area contributed by atoms with E-state index in [-0.39, 0.29) is 34.1 Å². The van der Waals surface area contributed by atoms with Crippen LogP contribution in [-0.2, 0) is 6.42 Å². The number of carboxylic acid groups (broad SMARTS) is 1. The van der Waals surface area contributed by atoms with Crippen molar-refractivity contribution in [3.05, 3.63) is 45.0 Å². The summed E-state index contributed by atoms with van der Waals surface area (Å²) in [6, 6.07) is 0. The maximum atomic E-state index is 11.5. The van der Waals surface area contributed by atoms with Crippen LogP contribution in [0.2, 0.25) is 5.02 Å². The smallest absolute Gasteiger partial charge is 0.339 e. The molecule has 160 valence electrons. The van der Waals surface area contributed by atoms with Crippen LogP contribution in [0.4, 0.5) is 0 Å². The molecule has 1 aromatic rings. The normalized spacial score (nSPS) is 18.0. The molecule has 2 unspecified atom stereocenters. The van der Waals surface area contributed by atoms with Gasteiger partial charge in [0.25, 0.3) is 0 Å². The highest BCUT2D eigenvalue weighted by molar-refractivity contribution is 6.33. The van der Waals surface area contributed by atoms with Crippen LogP contribution in [0, 0.1) is 6.92 Å². The van der Waals surface area contributed by atoms with E-state index in [0.717, 1.165) is 12.8 Å². The Kier molecular flexibility index (Phi) is 7.41. The van der Waals surface area contributed by atoms with Gasteiger partial charge < -0.3 is 20.1 Å². The minimum absolute atomic E-state index is 0.170. The Morgan fingerprint density at radius 3 is 2.52 bits per heavy atom. The Labute approximate surface area is 177 Å². The van der Waals surface area contributed by atoms with Gasteiger partial charge >= 0.3 is 5.97 Å². The predicted molar refractivity (Wildman–Crippen MR) is 115 cm³/mol. The van der Waals surface area contributed by atoms with Crippen molar-refractivity contribution in [2.24, 2.45) is 0 Å². The number of ether oxygens (including phenoxy) is 1. The number of benzene rings is 1. The fourth-order valence-electron chi connectivity index (χ4n) is 3.60. The molecular formula is C23H31ClO5. The number of aliphatic hydroxyl groups is 1. The van der Waals surface area contributed by atoms with Crippen LogP contribution in [0.1, 0.15) is 74.9 Å². The summed E-state index contributed by atoms with van der Waals surface area (Å²) >= 11 is 6.30. The van der Waals surface area contributed by atoms with Gasteiger partial charge in [-0.3, -0.25) is 0 Å². The molecule has 29 heavy (non-hydrogen) atoms. The zero-order valence-corrected chi connectivity index (χ0v) is 18.6. The third-order valence-electron chi connectivity index (χ3n) is 5.49. The van der Waals surface area contributed by atoms with E-state index in [4.69, 9.17) is 16.3 Å². The minimum atomic E-state index is -1.24. The van der Waals surface area contributed by atoms with E-state index in [9.17, 15) is 20.1 Å². The molecule has 6 heteroatoms. The van der Waals surface area contributed by atoms with Gasteiger partial charge in [0, 0.05) is 12.0 Å². The summed E-state index contributed by atoms with van der Waals surface area (Å²) in [5.41, 5.74) is 1.82. The molecule has 2 rings (SSSR count). The summed E-state index contributed by atoms with van der Waals surface area (Å²) in [6.07, 6.45) is 7.11. The number of aromatic hydroxyl groups is 1. The van der Waals surface area contributed by atoms with Gasteiger partial charge in [-0.05, 0) is 65.9 Å². The van der Waals surface area contributed by atoms with Gasteiger partial charge in [0.2, 0.25) is 0 Å². The van der Waals surface area contributed by atoms with Crippen LogP contribution in [0.15, 0.2) is 23.3 Å². The first-order valence-electron chi connectivity index (χ1n) is 9.91. The lowest BCUT2D eigenvalue weighted by Gasteiger charge is -2.29. The van der Waals surface area contributed by atoms with Crippen LogP contribution >= 0.6 is 11.6 Å². The molecule has 0 spiro atoms. The van der Waals surface area contributed by atoms with Gasteiger partial charge in [0.05, 0.1) is 10.6 Å². The van der Waals surface area contributed by atoms with Crippen molar-refractivity contribution >= 4 is 17.6 Å². The van der Waals surface area contributed by atoms with E-state index in [1.807, 2.05) is 0 Å². The number of halogens is 1. The second-order valence-corrected chi connectivity index (χ2v) is 8.73. The quantitative estimate of drug-likeness (QED) is 0.476. The third kappa shape index (κ3) is 5.34. The molecule has 0 aliphatic carbocycles. The van der Waals surface area contributed by atoms with Crippen molar-refractivity contribution in [1.82, 2.24) is 0 Å². The summed E-state index contributed by atoms with van der Waals surface area (Å²) in [5, 5.41) is 30.9. The van der Waals surface area contributed by atoms with E-state index in [2.05, 4.69) is 32.9 Å². The molecule has 0 amide bonds. The highest BCUT2D eigenvalue weighted by Gasteiger charge is 2.41. The highest BCUT2D eigenvalue weighted by Crippen LogP contribution is 2.47. The zero-order valence-electron chi connectivity index (χ0n) is 17.8. The molecule has 2 atom stereocenters. The average Bonchev–Trinajstić information content (AvgIpc) is 3.06. The maximum Gasteiger partial charge on any atom is 0.339 e. The van der Waals surface area contributed by atoms with Crippen molar-refractivity contribution in [2.75, 3.05) is 0 Å². The molecule has 1 heterocycles. The minimum Gasteiger partial charge on any atom is -0.507 e. The number of aromatic carboxylic acids is 1. The monoisotopic (exact) mass is 422 g/mol. The van der Waals surface area contributed by atoms with E-state index < -0.39 is 17.7 Å². The maximum absolute atomic E-state index is 11.5. The van der Waals surface area contributed by atoms with Crippen LogP contribution in [0.5, 0.6) is 11.5 Å². The first kappa shape index (κ1) is 23.3. The molecule has 0 radical (unpaired) electrons. The summed E-state index contributed by atoms with van der Waals surface area (Å²) < 4.78 is 5.88. The number of rotatable bonds is 8. The van der Waals surface area contributed by atoms with E-state index >= 15 is 0 Å². The third-order valence-corrected chi connectivity index (χ3v) is 5.95. The zero-order chi connectivity index (χ0) is 21.9.